The summed E-state index contributed by atoms with van der Waals surface area (Å²) >= 11 is 0. The fraction of sp³-hybridized carbons (Fsp3) is 0.818. The first kappa shape index (κ1) is 26.6. The second kappa shape index (κ2) is 11.8. The van der Waals surface area contributed by atoms with E-state index in [9.17, 15) is 30.0 Å². The summed E-state index contributed by atoms with van der Waals surface area (Å²) in [4.78, 5) is 24.6. The van der Waals surface area contributed by atoms with Crippen molar-refractivity contribution in [1.29, 1.82) is 0 Å². The van der Waals surface area contributed by atoms with Crippen molar-refractivity contribution in [2.24, 2.45) is 11.8 Å². The number of rotatable bonds is 8. The smallest absolute Gasteiger partial charge is 0.330 e. The maximum absolute atomic E-state index is 12.3. The molecule has 0 spiro atoms. The van der Waals surface area contributed by atoms with Crippen LogP contribution in [0.15, 0.2) is 12.2 Å². The lowest BCUT2D eigenvalue weighted by Crippen LogP contribution is -2.57. The van der Waals surface area contributed by atoms with Crippen molar-refractivity contribution in [1.82, 2.24) is 0 Å². The Morgan fingerprint density at radius 3 is 2.43 bits per heavy atom. The van der Waals surface area contributed by atoms with E-state index < -0.39 is 59.9 Å². The van der Waals surface area contributed by atoms with Crippen molar-refractivity contribution >= 4 is 11.9 Å². The molecule has 174 valence electrons. The molecular formula is C22H38O8. The lowest BCUT2D eigenvalue weighted by Gasteiger charge is -2.39. The van der Waals surface area contributed by atoms with Crippen molar-refractivity contribution < 1.29 is 39.5 Å². The van der Waals surface area contributed by atoms with E-state index in [1.165, 1.54) is 33.8 Å². The molecule has 1 aliphatic rings. The Kier molecular flexibility index (Phi) is 10.4. The Morgan fingerprint density at radius 2 is 1.83 bits per heavy atom. The molecular weight excluding hydrogens is 392 g/mol. The van der Waals surface area contributed by atoms with Crippen molar-refractivity contribution in [2.45, 2.75) is 103 Å². The average molecular weight is 431 g/mol. The van der Waals surface area contributed by atoms with E-state index >= 15 is 0 Å². The van der Waals surface area contributed by atoms with Gasteiger partial charge in [-0.05, 0) is 33.3 Å². The molecule has 0 aliphatic carbocycles. The molecule has 4 N–H and O–H groups in total. The molecule has 1 saturated heterocycles. The van der Waals surface area contributed by atoms with Crippen LogP contribution in [-0.4, -0.2) is 68.5 Å². The predicted octanol–water partition coefficient (Wildman–Crippen LogP) is 1.48. The number of esters is 2. The fourth-order valence-electron chi connectivity index (χ4n) is 3.75. The minimum absolute atomic E-state index is 0.537. The third kappa shape index (κ3) is 7.04. The summed E-state index contributed by atoms with van der Waals surface area (Å²) in [5.41, 5.74) is -2.02. The number of unbranched alkanes of at least 4 members (excludes halogenated alkanes) is 3. The summed E-state index contributed by atoms with van der Waals surface area (Å²) in [5, 5.41) is 41.6. The van der Waals surface area contributed by atoms with Gasteiger partial charge < -0.3 is 29.9 Å². The van der Waals surface area contributed by atoms with Gasteiger partial charge in [-0.3, -0.25) is 4.79 Å². The molecule has 0 unspecified atom stereocenters. The van der Waals surface area contributed by atoms with Crippen molar-refractivity contribution in [3.63, 3.8) is 0 Å². The second-order valence-corrected chi connectivity index (χ2v) is 8.58. The predicted molar refractivity (Wildman–Crippen MR) is 110 cm³/mol. The summed E-state index contributed by atoms with van der Waals surface area (Å²) in [6, 6.07) is 0. The van der Waals surface area contributed by atoms with Crippen LogP contribution in [0.25, 0.3) is 0 Å². The number of carbonyl (C=O) groups excluding carboxylic acids is 2. The van der Waals surface area contributed by atoms with E-state index in [1.807, 2.05) is 0 Å². The molecule has 0 aromatic heterocycles. The Balaban J connectivity index is 2.88. The maximum Gasteiger partial charge on any atom is 0.330 e. The van der Waals surface area contributed by atoms with Gasteiger partial charge in [0.05, 0.1) is 24.2 Å². The SMILES string of the molecule is CCCCCC[C@@H](O)C=CC(=O)O[C@@H]1[C@@H](C)[C@H](O)[C@@](C)(O)[C@H](O)[C@@H](C)C(=O)O[C@H]1C. The zero-order valence-electron chi connectivity index (χ0n) is 18.7. The average Bonchev–Trinajstić information content (AvgIpc) is 2.71. The second-order valence-electron chi connectivity index (χ2n) is 8.58. The Bertz CT molecular complexity index is 588. The zero-order valence-corrected chi connectivity index (χ0v) is 18.7. The summed E-state index contributed by atoms with van der Waals surface area (Å²) < 4.78 is 10.7. The van der Waals surface area contributed by atoms with Gasteiger partial charge in [-0.25, -0.2) is 4.79 Å². The van der Waals surface area contributed by atoms with Crippen molar-refractivity contribution in [2.75, 3.05) is 0 Å². The van der Waals surface area contributed by atoms with Crippen molar-refractivity contribution in [3.05, 3.63) is 12.2 Å². The first-order valence-electron chi connectivity index (χ1n) is 10.8. The number of ether oxygens (including phenoxy) is 2. The van der Waals surface area contributed by atoms with E-state index in [4.69, 9.17) is 9.47 Å². The monoisotopic (exact) mass is 430 g/mol. The molecule has 8 heteroatoms. The topological polar surface area (TPSA) is 134 Å². The number of hydrogen-bond donors (Lipinski definition) is 4. The minimum atomic E-state index is -2.02. The first-order chi connectivity index (χ1) is 13.9. The molecule has 0 radical (unpaired) electrons. The Hall–Kier alpha value is -1.48. The number of aliphatic hydroxyl groups is 4. The van der Waals surface area contributed by atoms with Gasteiger partial charge >= 0.3 is 11.9 Å². The normalized spacial score (nSPS) is 36.5. The van der Waals surface area contributed by atoms with E-state index in [0.717, 1.165) is 31.8 Å². The maximum atomic E-state index is 12.3. The molecule has 1 aliphatic heterocycles. The number of carbonyl (C=O) groups is 2. The summed E-state index contributed by atoms with van der Waals surface area (Å²) in [6.07, 6.45) is 1.24. The molecule has 1 rings (SSSR count). The largest absolute Gasteiger partial charge is 0.458 e. The quantitative estimate of drug-likeness (QED) is 0.258. The van der Waals surface area contributed by atoms with Gasteiger partial charge in [0.1, 0.15) is 17.8 Å². The molecule has 1 fully saturated rings. The summed E-state index contributed by atoms with van der Waals surface area (Å²) in [7, 11) is 0. The van der Waals surface area contributed by atoms with E-state index in [0.29, 0.717) is 6.42 Å². The van der Waals surface area contributed by atoms with E-state index in [2.05, 4.69) is 6.92 Å². The van der Waals surface area contributed by atoms with Gasteiger partial charge in [0, 0.05) is 12.0 Å². The van der Waals surface area contributed by atoms with Crippen LogP contribution in [0.3, 0.4) is 0 Å². The molecule has 30 heavy (non-hydrogen) atoms. The molecule has 1 heterocycles. The molecule has 0 aromatic carbocycles. The minimum Gasteiger partial charge on any atom is -0.458 e. The summed E-state index contributed by atoms with van der Waals surface area (Å²) in [5.74, 6) is -3.46. The molecule has 0 amide bonds. The van der Waals surface area contributed by atoms with Crippen LogP contribution in [0.1, 0.15) is 66.7 Å². The highest BCUT2D eigenvalue weighted by molar-refractivity contribution is 5.82. The van der Waals surface area contributed by atoms with Gasteiger partial charge in [-0.2, -0.15) is 0 Å². The fourth-order valence-corrected chi connectivity index (χ4v) is 3.75. The van der Waals surface area contributed by atoms with Crippen LogP contribution < -0.4 is 0 Å². The van der Waals surface area contributed by atoms with Crippen LogP contribution >= 0.6 is 0 Å². The van der Waals surface area contributed by atoms with Gasteiger partial charge in [-0.1, -0.05) is 39.5 Å². The highest BCUT2D eigenvalue weighted by Gasteiger charge is 2.50. The molecule has 8 nitrogen and oxygen atoms in total. The molecule has 0 saturated carbocycles. The highest BCUT2D eigenvalue weighted by Crippen LogP contribution is 2.32. The highest BCUT2D eigenvalue weighted by atomic mass is 16.6. The standard InChI is InChI=1S/C22H38O8/c1-6-7-8-9-10-16(23)11-12-17(24)30-18-13(2)19(25)22(5,28)20(26)14(3)21(27)29-15(18)4/h11-16,18-20,23,25-26,28H,6-10H2,1-5H3/t13-,14-,15+,16-,18-,19+,20-,22-/m1/s1. The Morgan fingerprint density at radius 1 is 1.20 bits per heavy atom. The third-order valence-corrected chi connectivity index (χ3v) is 5.88. The number of aliphatic hydroxyl groups excluding tert-OH is 3. The van der Waals surface area contributed by atoms with Gasteiger partial charge in [-0.15, -0.1) is 0 Å². The Labute approximate surface area is 178 Å². The summed E-state index contributed by atoms with van der Waals surface area (Å²) in [6.45, 7) is 7.77. The van der Waals surface area contributed by atoms with Gasteiger partial charge in [0.15, 0.2) is 0 Å². The van der Waals surface area contributed by atoms with E-state index in [-0.39, 0.29) is 0 Å². The number of cyclic esters (lactones) is 1. The zero-order chi connectivity index (χ0) is 23.1. The molecule has 0 aromatic rings. The van der Waals surface area contributed by atoms with Crippen molar-refractivity contribution in [3.8, 4) is 0 Å². The van der Waals surface area contributed by atoms with Crippen LogP contribution in [0, 0.1) is 11.8 Å². The lowest BCUT2D eigenvalue weighted by molar-refractivity contribution is -0.180. The number of hydrogen-bond acceptors (Lipinski definition) is 8. The van der Waals surface area contributed by atoms with E-state index in [1.54, 1.807) is 0 Å². The van der Waals surface area contributed by atoms with Gasteiger partial charge in [0.25, 0.3) is 0 Å². The lowest BCUT2D eigenvalue weighted by atomic mass is 9.78. The van der Waals surface area contributed by atoms with Crippen LogP contribution in [0.4, 0.5) is 0 Å². The molecule has 0 bridgehead atoms. The van der Waals surface area contributed by atoms with Crippen LogP contribution in [-0.2, 0) is 19.1 Å². The van der Waals surface area contributed by atoms with Crippen LogP contribution in [0.2, 0.25) is 0 Å². The molecule has 8 atom stereocenters. The van der Waals surface area contributed by atoms with Crippen LogP contribution in [0.5, 0.6) is 0 Å². The first-order valence-corrected chi connectivity index (χ1v) is 10.8. The van der Waals surface area contributed by atoms with Gasteiger partial charge in [0.2, 0.25) is 0 Å². The third-order valence-electron chi connectivity index (χ3n) is 5.88.